The number of para-hydroxylation sites is 5. The standard InChI is InChI=1S/C40H25N3O/c1-3-13-26(14-4-1)34-25-35(42-40(41-34)33-22-12-20-31-29-18-8-10-24-37(29)44-39(31)33)32-21-11-19-30-28-17-7-9-23-36(28)43(38(30)32)27-15-5-2-6-16-27/h1-25H/i2D,5D,6D,7D,9D,11D,15D,16D,17D,19D,21D,23D. The van der Waals surface area contributed by atoms with Crippen molar-refractivity contribution in [2.24, 2.45) is 0 Å². The highest BCUT2D eigenvalue weighted by Crippen LogP contribution is 2.40. The highest BCUT2D eigenvalue weighted by molar-refractivity contribution is 6.14. The number of rotatable bonds is 4. The quantitative estimate of drug-likeness (QED) is 0.210. The normalized spacial score (nSPS) is 15.5. The van der Waals surface area contributed by atoms with Crippen molar-refractivity contribution < 1.29 is 20.9 Å². The van der Waals surface area contributed by atoms with Crippen LogP contribution in [0.2, 0.25) is 0 Å². The van der Waals surface area contributed by atoms with E-state index < -0.39 is 78.2 Å². The first-order valence-electron chi connectivity index (χ1n) is 19.8. The summed E-state index contributed by atoms with van der Waals surface area (Å²) in [6.07, 6.45) is 0. The third-order valence-electron chi connectivity index (χ3n) is 7.62. The minimum atomic E-state index is -0.706. The Balaban J connectivity index is 1.51. The molecule has 0 N–H and O–H groups in total. The second-order valence-corrected chi connectivity index (χ2v) is 10.1. The minimum Gasteiger partial charge on any atom is -0.455 e. The van der Waals surface area contributed by atoms with Gasteiger partial charge in [0.1, 0.15) is 11.2 Å². The number of aromatic nitrogens is 3. The summed E-state index contributed by atoms with van der Waals surface area (Å²) >= 11 is 0. The van der Waals surface area contributed by atoms with Crippen molar-refractivity contribution in [1.29, 1.82) is 0 Å². The van der Waals surface area contributed by atoms with E-state index in [9.17, 15) is 1.37 Å². The molecular formula is C40H25N3O. The molecule has 0 bridgehead atoms. The maximum atomic E-state index is 9.40. The number of hydrogen-bond donors (Lipinski definition) is 0. The maximum absolute atomic E-state index is 9.40. The molecule has 0 saturated carbocycles. The molecule has 0 spiro atoms. The van der Waals surface area contributed by atoms with Gasteiger partial charge in [-0.25, -0.2) is 9.97 Å². The fourth-order valence-electron chi connectivity index (χ4n) is 5.71. The Hall–Kier alpha value is -6.00. The number of hydrogen-bond acceptors (Lipinski definition) is 3. The third kappa shape index (κ3) is 3.78. The molecule has 0 amide bonds. The molecule has 44 heavy (non-hydrogen) atoms. The van der Waals surface area contributed by atoms with Crippen molar-refractivity contribution in [3.05, 3.63) is 151 Å². The first kappa shape index (κ1) is 15.5. The molecule has 0 saturated heterocycles. The summed E-state index contributed by atoms with van der Waals surface area (Å²) < 4.78 is 113. The minimum absolute atomic E-state index is 0.0390. The first-order chi connectivity index (χ1) is 26.8. The van der Waals surface area contributed by atoms with E-state index in [0.717, 1.165) is 15.3 Å². The zero-order valence-corrected chi connectivity index (χ0v) is 22.8. The molecule has 6 aromatic carbocycles. The summed E-state index contributed by atoms with van der Waals surface area (Å²) in [5, 5.41) is 1.26. The molecule has 0 fully saturated rings. The van der Waals surface area contributed by atoms with Gasteiger partial charge in [-0.05, 0) is 36.3 Å². The number of fused-ring (bicyclic) bond motifs is 6. The van der Waals surface area contributed by atoms with Gasteiger partial charge in [-0.3, -0.25) is 0 Å². The highest BCUT2D eigenvalue weighted by Gasteiger charge is 2.20. The molecule has 3 heterocycles. The van der Waals surface area contributed by atoms with E-state index in [1.165, 1.54) is 0 Å². The van der Waals surface area contributed by atoms with Crippen LogP contribution in [-0.2, 0) is 0 Å². The zero-order chi connectivity index (χ0) is 39.5. The molecule has 9 rings (SSSR count). The molecule has 4 heteroatoms. The van der Waals surface area contributed by atoms with Gasteiger partial charge in [-0.2, -0.15) is 0 Å². The maximum Gasteiger partial charge on any atom is 0.164 e. The van der Waals surface area contributed by atoms with Crippen LogP contribution < -0.4 is 0 Å². The molecule has 0 radical (unpaired) electrons. The van der Waals surface area contributed by atoms with Crippen LogP contribution in [0.1, 0.15) is 16.4 Å². The van der Waals surface area contributed by atoms with Crippen LogP contribution in [0.15, 0.2) is 156 Å². The Morgan fingerprint density at radius 3 is 2.23 bits per heavy atom. The van der Waals surface area contributed by atoms with Crippen molar-refractivity contribution in [1.82, 2.24) is 14.5 Å². The van der Waals surface area contributed by atoms with Crippen LogP contribution in [0, 0.1) is 0 Å². The summed E-state index contributed by atoms with van der Waals surface area (Å²) in [5.74, 6) is 0.162. The van der Waals surface area contributed by atoms with Crippen LogP contribution in [-0.4, -0.2) is 14.5 Å². The molecule has 0 unspecified atom stereocenters. The number of furan rings is 1. The SMILES string of the molecule is [2H]c1c([2H])c([2H])c(-n2c3c([2H])c([2H])c([2H])c([2H])c3c3c([2H])c([2H])c([2H])c(-c4cc(-c5ccccc5)nc(-c5cccc6c5oc5ccccc56)n4)c32)c([2H])c1[2H]. The largest absolute Gasteiger partial charge is 0.455 e. The fourth-order valence-corrected chi connectivity index (χ4v) is 5.71. The van der Waals surface area contributed by atoms with Crippen LogP contribution in [0.3, 0.4) is 0 Å². The van der Waals surface area contributed by atoms with E-state index in [0.29, 0.717) is 28.0 Å². The summed E-state index contributed by atoms with van der Waals surface area (Å²) in [7, 11) is 0. The molecule has 0 aliphatic rings. The summed E-state index contributed by atoms with van der Waals surface area (Å²) in [5.41, 5.74) is 1.65. The van der Waals surface area contributed by atoms with Gasteiger partial charge in [-0.15, -0.1) is 0 Å². The van der Waals surface area contributed by atoms with Crippen LogP contribution in [0.4, 0.5) is 0 Å². The molecule has 0 aliphatic heterocycles. The molecule has 0 aliphatic carbocycles. The van der Waals surface area contributed by atoms with Crippen LogP contribution >= 0.6 is 0 Å². The van der Waals surface area contributed by atoms with Gasteiger partial charge < -0.3 is 8.98 Å². The topological polar surface area (TPSA) is 43.9 Å². The lowest BCUT2D eigenvalue weighted by Gasteiger charge is -2.13. The van der Waals surface area contributed by atoms with Gasteiger partial charge in [0.2, 0.25) is 0 Å². The van der Waals surface area contributed by atoms with Crippen molar-refractivity contribution in [2.75, 3.05) is 0 Å². The number of benzene rings is 6. The van der Waals surface area contributed by atoms with E-state index in [2.05, 4.69) is 0 Å². The van der Waals surface area contributed by atoms with E-state index in [-0.39, 0.29) is 38.9 Å². The summed E-state index contributed by atoms with van der Waals surface area (Å²) in [6.45, 7) is 0. The Morgan fingerprint density at radius 2 is 1.32 bits per heavy atom. The van der Waals surface area contributed by atoms with Gasteiger partial charge >= 0.3 is 0 Å². The van der Waals surface area contributed by atoms with E-state index >= 15 is 0 Å². The Morgan fingerprint density at radius 1 is 0.568 bits per heavy atom. The van der Waals surface area contributed by atoms with Gasteiger partial charge in [-0.1, -0.05) is 115 Å². The monoisotopic (exact) mass is 575 g/mol. The molecule has 3 aromatic heterocycles. The van der Waals surface area contributed by atoms with E-state index in [1.54, 1.807) is 12.1 Å². The van der Waals surface area contributed by atoms with Crippen molar-refractivity contribution in [2.45, 2.75) is 0 Å². The Kier molecular flexibility index (Phi) is 3.44. The first-order valence-corrected chi connectivity index (χ1v) is 13.8. The lowest BCUT2D eigenvalue weighted by atomic mass is 10.0. The van der Waals surface area contributed by atoms with Gasteiger partial charge in [0.15, 0.2) is 5.82 Å². The Labute approximate surface area is 270 Å². The van der Waals surface area contributed by atoms with Gasteiger partial charge in [0.05, 0.1) is 44.4 Å². The molecule has 9 aromatic rings. The average Bonchev–Trinajstić information content (AvgIpc) is 3.77. The van der Waals surface area contributed by atoms with Crippen LogP contribution in [0.5, 0.6) is 0 Å². The highest BCUT2D eigenvalue weighted by atomic mass is 16.3. The van der Waals surface area contributed by atoms with Crippen molar-refractivity contribution in [3.8, 4) is 39.6 Å². The van der Waals surface area contributed by atoms with Gasteiger partial charge in [0, 0.05) is 38.4 Å². The average molecular weight is 576 g/mol. The smallest absolute Gasteiger partial charge is 0.164 e. The summed E-state index contributed by atoms with van der Waals surface area (Å²) in [6, 6.07) is 16.1. The molecular weight excluding hydrogens is 538 g/mol. The van der Waals surface area contributed by atoms with Crippen molar-refractivity contribution >= 4 is 43.7 Å². The predicted octanol–water partition coefficient (Wildman–Crippen LogP) is 10.5. The predicted molar refractivity (Wildman–Crippen MR) is 180 cm³/mol. The lowest BCUT2D eigenvalue weighted by molar-refractivity contribution is 0.669. The van der Waals surface area contributed by atoms with Gasteiger partial charge in [0.25, 0.3) is 0 Å². The van der Waals surface area contributed by atoms with E-state index in [4.69, 9.17) is 29.5 Å². The van der Waals surface area contributed by atoms with E-state index in [1.807, 2.05) is 66.7 Å². The second kappa shape index (κ2) is 9.79. The third-order valence-corrected chi connectivity index (χ3v) is 7.62. The second-order valence-electron chi connectivity index (χ2n) is 10.1. The molecule has 4 nitrogen and oxygen atoms in total. The fraction of sp³-hybridized carbons (Fsp3) is 0. The summed E-state index contributed by atoms with van der Waals surface area (Å²) in [4.78, 5) is 9.91. The zero-order valence-electron chi connectivity index (χ0n) is 34.8. The Bertz CT molecular complexity index is 3150. The molecule has 206 valence electrons. The van der Waals surface area contributed by atoms with Crippen molar-refractivity contribution in [3.63, 3.8) is 0 Å². The molecule has 0 atom stereocenters. The lowest BCUT2D eigenvalue weighted by Crippen LogP contribution is -1.99. The number of nitrogens with zero attached hydrogens (tertiary/aromatic N) is 3. The van der Waals surface area contributed by atoms with Crippen LogP contribution in [0.25, 0.3) is 83.3 Å².